The number of aliphatic hydroxyl groups is 1. The van der Waals surface area contributed by atoms with Gasteiger partial charge in [-0.1, -0.05) is 58.0 Å². The molecular formula is C28H45N3O6. The zero-order valence-electron chi connectivity index (χ0n) is 23.1. The molecule has 0 heterocycles. The lowest BCUT2D eigenvalue weighted by Gasteiger charge is -2.30. The second-order valence-electron chi connectivity index (χ2n) is 10.3. The van der Waals surface area contributed by atoms with Crippen molar-refractivity contribution in [3.8, 4) is 0 Å². The minimum atomic E-state index is -0.960. The van der Waals surface area contributed by atoms with E-state index in [-0.39, 0.29) is 48.9 Å². The molecule has 1 aromatic carbocycles. The van der Waals surface area contributed by atoms with Crippen LogP contribution in [0.15, 0.2) is 30.3 Å². The van der Waals surface area contributed by atoms with Crippen LogP contribution >= 0.6 is 0 Å². The molecule has 1 rings (SSSR count). The number of ether oxygens (including phenoxy) is 1. The molecule has 0 spiro atoms. The van der Waals surface area contributed by atoms with E-state index in [9.17, 15) is 24.3 Å². The van der Waals surface area contributed by atoms with Crippen molar-refractivity contribution in [1.29, 1.82) is 0 Å². The van der Waals surface area contributed by atoms with Crippen molar-refractivity contribution < 1.29 is 29.0 Å². The molecule has 9 heteroatoms. The second kappa shape index (κ2) is 16.7. The van der Waals surface area contributed by atoms with Crippen LogP contribution in [-0.2, 0) is 30.3 Å². The van der Waals surface area contributed by atoms with E-state index < -0.39 is 24.2 Å². The van der Waals surface area contributed by atoms with Gasteiger partial charge in [-0.05, 0) is 43.1 Å². The molecule has 0 aliphatic carbocycles. The summed E-state index contributed by atoms with van der Waals surface area (Å²) >= 11 is 0. The van der Waals surface area contributed by atoms with E-state index in [1.807, 2.05) is 44.2 Å². The van der Waals surface area contributed by atoms with E-state index in [4.69, 9.17) is 0 Å². The highest BCUT2D eigenvalue weighted by molar-refractivity contribution is 5.87. The lowest BCUT2D eigenvalue weighted by molar-refractivity contribution is -0.142. The van der Waals surface area contributed by atoms with Crippen molar-refractivity contribution in [1.82, 2.24) is 16.0 Å². The monoisotopic (exact) mass is 519 g/mol. The van der Waals surface area contributed by atoms with Crippen molar-refractivity contribution in [2.75, 3.05) is 7.11 Å². The average molecular weight is 520 g/mol. The summed E-state index contributed by atoms with van der Waals surface area (Å²) < 4.78 is 4.61. The van der Waals surface area contributed by atoms with Crippen molar-refractivity contribution in [2.24, 2.45) is 11.8 Å². The van der Waals surface area contributed by atoms with Crippen molar-refractivity contribution in [3.63, 3.8) is 0 Å². The van der Waals surface area contributed by atoms with Gasteiger partial charge in [-0.3, -0.25) is 19.2 Å². The Balaban J connectivity index is 3.04. The predicted molar refractivity (Wildman–Crippen MR) is 142 cm³/mol. The van der Waals surface area contributed by atoms with E-state index in [2.05, 4.69) is 34.5 Å². The van der Waals surface area contributed by atoms with Crippen LogP contribution in [-0.4, -0.2) is 60.1 Å². The first-order valence-electron chi connectivity index (χ1n) is 13.1. The standard InChI is InChI=1S/C28H45N3O6/c1-18(2)12-13-22(30-28(36)27(19(3)4)29-20(5)32)17-24(33)23(16-21-10-8-7-9-11-21)31-25(34)14-15-26(35)37-6/h7-11,18-19,22-24,27,33H,12-17H2,1-6H3,(H,29,32)(H,30,36)(H,31,34). The van der Waals surface area contributed by atoms with Crippen LogP contribution in [0.2, 0.25) is 0 Å². The smallest absolute Gasteiger partial charge is 0.306 e. The van der Waals surface area contributed by atoms with Gasteiger partial charge in [-0.15, -0.1) is 0 Å². The summed E-state index contributed by atoms with van der Waals surface area (Å²) in [6.45, 7) is 9.27. The SMILES string of the molecule is COC(=O)CCC(=O)NC(Cc1ccccc1)C(O)CC(CCC(C)C)NC(=O)C(NC(C)=O)C(C)C. The van der Waals surface area contributed by atoms with E-state index >= 15 is 0 Å². The number of methoxy groups -OCH3 is 1. The molecule has 0 fully saturated rings. The third kappa shape index (κ3) is 13.3. The highest BCUT2D eigenvalue weighted by Gasteiger charge is 2.29. The topological polar surface area (TPSA) is 134 Å². The average Bonchev–Trinajstić information content (AvgIpc) is 2.84. The molecule has 1 aromatic rings. The van der Waals surface area contributed by atoms with E-state index in [1.54, 1.807) is 0 Å². The molecule has 0 saturated heterocycles. The fourth-order valence-corrected chi connectivity index (χ4v) is 4.03. The molecule has 4 atom stereocenters. The highest BCUT2D eigenvalue weighted by atomic mass is 16.5. The number of hydrogen-bond donors (Lipinski definition) is 4. The Labute approximate surface area is 221 Å². The number of hydrogen-bond acceptors (Lipinski definition) is 6. The Morgan fingerprint density at radius 3 is 2.11 bits per heavy atom. The first-order valence-corrected chi connectivity index (χ1v) is 13.1. The summed E-state index contributed by atoms with van der Waals surface area (Å²) in [5, 5.41) is 19.9. The molecular weight excluding hydrogens is 474 g/mol. The van der Waals surface area contributed by atoms with E-state index in [0.29, 0.717) is 18.8 Å². The first-order chi connectivity index (χ1) is 17.4. The van der Waals surface area contributed by atoms with Gasteiger partial charge in [0.15, 0.2) is 0 Å². The predicted octanol–water partition coefficient (Wildman–Crippen LogP) is 2.50. The van der Waals surface area contributed by atoms with Gasteiger partial charge in [0, 0.05) is 19.4 Å². The van der Waals surface area contributed by atoms with Crippen molar-refractivity contribution >= 4 is 23.7 Å². The lowest BCUT2D eigenvalue weighted by Crippen LogP contribution is -2.53. The van der Waals surface area contributed by atoms with Crippen LogP contribution in [0, 0.1) is 11.8 Å². The maximum absolute atomic E-state index is 13.1. The molecule has 0 bridgehead atoms. The minimum Gasteiger partial charge on any atom is -0.469 e. The molecule has 3 amide bonds. The molecule has 0 aromatic heterocycles. The number of carbonyl (C=O) groups is 4. The fourth-order valence-electron chi connectivity index (χ4n) is 4.03. The molecule has 0 radical (unpaired) electrons. The summed E-state index contributed by atoms with van der Waals surface area (Å²) in [7, 11) is 1.27. The molecule has 208 valence electrons. The van der Waals surface area contributed by atoms with Gasteiger partial charge in [0.2, 0.25) is 17.7 Å². The lowest BCUT2D eigenvalue weighted by atomic mass is 9.92. The maximum Gasteiger partial charge on any atom is 0.306 e. The van der Waals surface area contributed by atoms with Gasteiger partial charge in [-0.2, -0.15) is 0 Å². The summed E-state index contributed by atoms with van der Waals surface area (Å²) in [4.78, 5) is 48.7. The van der Waals surface area contributed by atoms with Crippen LogP contribution in [0.3, 0.4) is 0 Å². The van der Waals surface area contributed by atoms with Crippen LogP contribution in [0.5, 0.6) is 0 Å². The molecule has 4 N–H and O–H groups in total. The van der Waals surface area contributed by atoms with Gasteiger partial charge >= 0.3 is 5.97 Å². The van der Waals surface area contributed by atoms with Crippen LogP contribution in [0.1, 0.15) is 72.3 Å². The molecule has 0 aliphatic rings. The van der Waals surface area contributed by atoms with E-state index in [0.717, 1.165) is 12.0 Å². The van der Waals surface area contributed by atoms with Gasteiger partial charge in [-0.25, -0.2) is 0 Å². The number of benzene rings is 1. The zero-order chi connectivity index (χ0) is 28.0. The summed E-state index contributed by atoms with van der Waals surface area (Å²) in [5.41, 5.74) is 0.938. The van der Waals surface area contributed by atoms with Crippen LogP contribution in [0.25, 0.3) is 0 Å². The number of nitrogens with one attached hydrogen (secondary N) is 3. The van der Waals surface area contributed by atoms with Gasteiger partial charge in [0.05, 0.1) is 25.7 Å². The molecule has 9 nitrogen and oxygen atoms in total. The van der Waals surface area contributed by atoms with Crippen molar-refractivity contribution in [3.05, 3.63) is 35.9 Å². The van der Waals surface area contributed by atoms with E-state index in [1.165, 1.54) is 14.0 Å². The maximum atomic E-state index is 13.1. The Bertz CT molecular complexity index is 859. The van der Waals surface area contributed by atoms with Crippen molar-refractivity contribution in [2.45, 2.75) is 97.4 Å². The summed E-state index contributed by atoms with van der Waals surface area (Å²) in [6, 6.07) is 7.83. The number of esters is 1. The normalized spacial score (nSPS) is 14.4. The highest BCUT2D eigenvalue weighted by Crippen LogP contribution is 2.16. The van der Waals surface area contributed by atoms with Crippen LogP contribution < -0.4 is 16.0 Å². The third-order valence-electron chi connectivity index (χ3n) is 6.17. The Morgan fingerprint density at radius 1 is 0.919 bits per heavy atom. The third-order valence-corrected chi connectivity index (χ3v) is 6.17. The van der Waals surface area contributed by atoms with Crippen LogP contribution in [0.4, 0.5) is 0 Å². The Kier molecular flexibility index (Phi) is 14.5. The van der Waals surface area contributed by atoms with Gasteiger partial charge in [0.1, 0.15) is 6.04 Å². The second-order valence-corrected chi connectivity index (χ2v) is 10.3. The van der Waals surface area contributed by atoms with Gasteiger partial charge in [0.25, 0.3) is 0 Å². The Morgan fingerprint density at radius 2 is 1.57 bits per heavy atom. The molecule has 0 aliphatic heterocycles. The molecule has 0 saturated carbocycles. The summed E-state index contributed by atoms with van der Waals surface area (Å²) in [5.74, 6) is -1.15. The molecule has 37 heavy (non-hydrogen) atoms. The minimum absolute atomic E-state index is 0.0506. The molecule has 4 unspecified atom stereocenters. The largest absolute Gasteiger partial charge is 0.469 e. The number of rotatable bonds is 16. The number of aliphatic hydroxyl groups excluding tert-OH is 1. The fraction of sp³-hybridized carbons (Fsp3) is 0.643. The zero-order valence-corrected chi connectivity index (χ0v) is 23.1. The Hall–Kier alpha value is -2.94. The summed E-state index contributed by atoms with van der Waals surface area (Å²) in [6.07, 6.45) is 1.01. The number of amides is 3. The first kappa shape index (κ1) is 32.1. The quantitative estimate of drug-likeness (QED) is 0.248. The van der Waals surface area contributed by atoms with Gasteiger partial charge < -0.3 is 25.8 Å². The number of carbonyl (C=O) groups excluding carboxylic acids is 4.